The number of nitrogens with zero attached hydrogens (tertiary/aromatic N) is 1. The molecule has 0 atom stereocenters. The molecule has 84 valence electrons. The fraction of sp³-hybridized carbons (Fsp3) is 0.400. The van der Waals surface area contributed by atoms with E-state index in [0.717, 1.165) is 15.4 Å². The first-order valence-electron chi connectivity index (χ1n) is 4.60. The van der Waals surface area contributed by atoms with Gasteiger partial charge in [0.15, 0.2) is 0 Å². The molecule has 0 saturated carbocycles. The average molecular weight is 228 g/mol. The van der Waals surface area contributed by atoms with Gasteiger partial charge in [-0.1, -0.05) is 17.7 Å². The molecular weight excluding hydrogens is 212 g/mol. The minimum absolute atomic E-state index is 0.620. The number of nitrogens with one attached hydrogen (secondary N) is 1. The summed E-state index contributed by atoms with van der Waals surface area (Å²) in [5, 5.41) is 0. The Morgan fingerprint density at radius 1 is 1.20 bits per heavy atom. The van der Waals surface area contributed by atoms with Crippen LogP contribution >= 0.6 is 0 Å². The van der Waals surface area contributed by atoms with Crippen molar-refractivity contribution in [3.8, 4) is 0 Å². The minimum atomic E-state index is -3.40. The Morgan fingerprint density at radius 3 is 2.27 bits per heavy atom. The van der Waals surface area contributed by atoms with Crippen LogP contribution in [-0.2, 0) is 10.2 Å². The van der Waals surface area contributed by atoms with Gasteiger partial charge in [0.25, 0.3) is 0 Å². The monoisotopic (exact) mass is 228 g/mol. The second-order valence-electron chi connectivity index (χ2n) is 3.71. The molecule has 0 spiro atoms. The van der Waals surface area contributed by atoms with E-state index in [0.29, 0.717) is 5.69 Å². The molecule has 4 nitrogen and oxygen atoms in total. The molecule has 1 N–H and O–H groups in total. The van der Waals surface area contributed by atoms with E-state index in [1.165, 1.54) is 14.1 Å². The van der Waals surface area contributed by atoms with Gasteiger partial charge in [0, 0.05) is 14.1 Å². The lowest BCUT2D eigenvalue weighted by atomic mass is 10.1. The minimum Gasteiger partial charge on any atom is -0.271 e. The molecule has 0 aliphatic rings. The first kappa shape index (κ1) is 12.0. The van der Waals surface area contributed by atoms with Crippen LogP contribution in [0.25, 0.3) is 0 Å². The summed E-state index contributed by atoms with van der Waals surface area (Å²) >= 11 is 0. The van der Waals surface area contributed by atoms with E-state index in [4.69, 9.17) is 0 Å². The Hall–Kier alpha value is -1.07. The van der Waals surface area contributed by atoms with Gasteiger partial charge in [0.1, 0.15) is 0 Å². The van der Waals surface area contributed by atoms with Crippen molar-refractivity contribution >= 4 is 15.9 Å². The zero-order valence-electron chi connectivity index (χ0n) is 9.40. The first-order chi connectivity index (χ1) is 6.83. The molecule has 0 aliphatic heterocycles. The standard InChI is InChI=1S/C10H16N2O2S/c1-8-5-6-10(9(2)7-8)11-15(13,14)12(3)4/h5-7,11H,1-4H3. The molecule has 0 saturated heterocycles. The summed E-state index contributed by atoms with van der Waals surface area (Å²) in [6.07, 6.45) is 0. The Balaban J connectivity index is 3.01. The van der Waals surface area contributed by atoms with E-state index < -0.39 is 10.2 Å². The lowest BCUT2D eigenvalue weighted by Crippen LogP contribution is -2.29. The van der Waals surface area contributed by atoms with E-state index in [-0.39, 0.29) is 0 Å². The lowest BCUT2D eigenvalue weighted by Gasteiger charge is -2.15. The topological polar surface area (TPSA) is 49.4 Å². The number of benzene rings is 1. The third-order valence-corrected chi connectivity index (χ3v) is 3.54. The van der Waals surface area contributed by atoms with Crippen molar-refractivity contribution in [2.75, 3.05) is 18.8 Å². The van der Waals surface area contributed by atoms with Crippen LogP contribution < -0.4 is 4.72 Å². The number of rotatable bonds is 3. The van der Waals surface area contributed by atoms with Gasteiger partial charge < -0.3 is 0 Å². The summed E-state index contributed by atoms with van der Waals surface area (Å²) in [7, 11) is -0.419. The Labute approximate surface area is 91.1 Å². The molecular formula is C10H16N2O2S. The molecule has 1 aromatic carbocycles. The van der Waals surface area contributed by atoms with Crippen LogP contribution in [0.5, 0.6) is 0 Å². The molecule has 5 heteroatoms. The molecule has 0 unspecified atom stereocenters. The van der Waals surface area contributed by atoms with Gasteiger partial charge in [-0.05, 0) is 25.5 Å². The number of aryl methyl sites for hydroxylation is 2. The van der Waals surface area contributed by atoms with Crippen molar-refractivity contribution in [2.24, 2.45) is 0 Å². The number of hydrogen-bond acceptors (Lipinski definition) is 2. The Bertz CT molecular complexity index is 452. The molecule has 1 rings (SSSR count). The van der Waals surface area contributed by atoms with Crippen LogP contribution in [0, 0.1) is 13.8 Å². The molecule has 0 fully saturated rings. The number of hydrogen-bond donors (Lipinski definition) is 1. The van der Waals surface area contributed by atoms with Crippen molar-refractivity contribution < 1.29 is 8.42 Å². The molecule has 0 heterocycles. The van der Waals surface area contributed by atoms with Crippen LogP contribution in [0.3, 0.4) is 0 Å². The van der Waals surface area contributed by atoms with Crippen molar-refractivity contribution in [1.29, 1.82) is 0 Å². The largest absolute Gasteiger partial charge is 0.301 e. The molecule has 0 radical (unpaired) electrons. The highest BCUT2D eigenvalue weighted by molar-refractivity contribution is 7.90. The Morgan fingerprint density at radius 2 is 1.80 bits per heavy atom. The van der Waals surface area contributed by atoms with E-state index >= 15 is 0 Å². The normalized spacial score (nSPS) is 11.8. The predicted octanol–water partition coefficient (Wildman–Crippen LogP) is 1.52. The average Bonchev–Trinajstić information content (AvgIpc) is 2.09. The van der Waals surface area contributed by atoms with E-state index in [1.807, 2.05) is 26.0 Å². The van der Waals surface area contributed by atoms with E-state index in [9.17, 15) is 8.42 Å². The van der Waals surface area contributed by atoms with Crippen LogP contribution in [0.1, 0.15) is 11.1 Å². The van der Waals surface area contributed by atoms with Gasteiger partial charge in [0.05, 0.1) is 5.69 Å². The highest BCUT2D eigenvalue weighted by Gasteiger charge is 2.13. The van der Waals surface area contributed by atoms with Gasteiger partial charge in [-0.15, -0.1) is 0 Å². The second-order valence-corrected chi connectivity index (χ2v) is 5.59. The molecule has 1 aromatic rings. The van der Waals surface area contributed by atoms with E-state index in [2.05, 4.69) is 4.72 Å². The highest BCUT2D eigenvalue weighted by atomic mass is 32.2. The highest BCUT2D eigenvalue weighted by Crippen LogP contribution is 2.17. The summed E-state index contributed by atoms with van der Waals surface area (Å²) in [6.45, 7) is 3.84. The summed E-state index contributed by atoms with van der Waals surface area (Å²) in [6, 6.07) is 5.58. The van der Waals surface area contributed by atoms with Gasteiger partial charge in [0.2, 0.25) is 0 Å². The summed E-state index contributed by atoms with van der Waals surface area (Å²) in [5.41, 5.74) is 2.65. The van der Waals surface area contributed by atoms with Gasteiger partial charge in [-0.2, -0.15) is 12.7 Å². The first-order valence-corrected chi connectivity index (χ1v) is 6.04. The molecule has 0 bridgehead atoms. The van der Waals surface area contributed by atoms with Crippen molar-refractivity contribution in [2.45, 2.75) is 13.8 Å². The van der Waals surface area contributed by atoms with Gasteiger partial charge in [-0.3, -0.25) is 4.72 Å². The second kappa shape index (κ2) is 4.20. The van der Waals surface area contributed by atoms with Crippen LogP contribution in [0.15, 0.2) is 18.2 Å². The zero-order chi connectivity index (χ0) is 11.6. The fourth-order valence-electron chi connectivity index (χ4n) is 1.16. The maximum atomic E-state index is 11.6. The third kappa shape index (κ3) is 2.94. The third-order valence-electron chi connectivity index (χ3n) is 2.10. The maximum absolute atomic E-state index is 11.6. The molecule has 0 aliphatic carbocycles. The van der Waals surface area contributed by atoms with Crippen LogP contribution in [0.2, 0.25) is 0 Å². The van der Waals surface area contributed by atoms with Crippen LogP contribution in [0.4, 0.5) is 5.69 Å². The number of anilines is 1. The summed E-state index contributed by atoms with van der Waals surface area (Å²) in [4.78, 5) is 0. The fourth-order valence-corrected chi connectivity index (χ4v) is 1.85. The van der Waals surface area contributed by atoms with E-state index in [1.54, 1.807) is 6.07 Å². The predicted molar refractivity (Wildman–Crippen MR) is 62.1 cm³/mol. The molecule has 0 aromatic heterocycles. The SMILES string of the molecule is Cc1ccc(NS(=O)(=O)N(C)C)c(C)c1. The quantitative estimate of drug-likeness (QED) is 0.852. The Kier molecular flexibility index (Phi) is 3.36. The smallest absolute Gasteiger partial charge is 0.271 e. The lowest BCUT2D eigenvalue weighted by molar-refractivity contribution is 0.527. The van der Waals surface area contributed by atoms with Crippen LogP contribution in [-0.4, -0.2) is 26.8 Å². The van der Waals surface area contributed by atoms with Crippen molar-refractivity contribution in [1.82, 2.24) is 4.31 Å². The molecule has 0 amide bonds. The van der Waals surface area contributed by atoms with Crippen molar-refractivity contribution in [3.63, 3.8) is 0 Å². The molecule has 15 heavy (non-hydrogen) atoms. The maximum Gasteiger partial charge on any atom is 0.301 e. The summed E-state index contributed by atoms with van der Waals surface area (Å²) < 4.78 is 26.8. The summed E-state index contributed by atoms with van der Waals surface area (Å²) in [5.74, 6) is 0. The van der Waals surface area contributed by atoms with Gasteiger partial charge in [-0.25, -0.2) is 0 Å². The van der Waals surface area contributed by atoms with Crippen molar-refractivity contribution in [3.05, 3.63) is 29.3 Å². The van der Waals surface area contributed by atoms with Gasteiger partial charge >= 0.3 is 10.2 Å². The zero-order valence-corrected chi connectivity index (χ0v) is 10.2.